The molecule has 0 saturated heterocycles. The van der Waals surface area contributed by atoms with Crippen molar-refractivity contribution in [3.8, 4) is 5.75 Å². The van der Waals surface area contributed by atoms with Crippen LogP contribution in [-0.4, -0.2) is 34.2 Å². The number of thioether (sulfide) groups is 1. The Balaban J connectivity index is 1.46. The Morgan fingerprint density at radius 1 is 1.36 bits per heavy atom. The average molecular weight is 434 g/mol. The Hall–Kier alpha value is -2.17. The molecule has 1 amide bonds. The van der Waals surface area contributed by atoms with Crippen molar-refractivity contribution in [3.05, 3.63) is 35.3 Å². The van der Waals surface area contributed by atoms with Gasteiger partial charge < -0.3 is 10.1 Å². The summed E-state index contributed by atoms with van der Waals surface area (Å²) in [4.78, 5) is 18.5. The maximum absolute atomic E-state index is 12.3. The largest absolute Gasteiger partial charge is 0.495 e. The second kappa shape index (κ2) is 8.46. The fourth-order valence-electron chi connectivity index (χ4n) is 2.55. The first-order valence-electron chi connectivity index (χ1n) is 8.75. The molecule has 146 valence electrons. The van der Waals surface area contributed by atoms with E-state index in [9.17, 15) is 4.79 Å². The molecular formula is C18H19N5O2S3. The molecule has 10 heteroatoms. The van der Waals surface area contributed by atoms with Gasteiger partial charge in [-0.1, -0.05) is 35.2 Å². The van der Waals surface area contributed by atoms with Crippen LogP contribution in [0, 0.1) is 0 Å². The molecule has 3 aromatic rings. The lowest BCUT2D eigenvalue weighted by Gasteiger charge is -2.20. The second-order valence-corrected chi connectivity index (χ2v) is 9.26. The smallest absolute Gasteiger partial charge is 0.230 e. The van der Waals surface area contributed by atoms with E-state index in [0.717, 1.165) is 15.2 Å². The molecule has 2 aromatic heterocycles. The van der Waals surface area contributed by atoms with Gasteiger partial charge in [-0.2, -0.15) is 0 Å². The van der Waals surface area contributed by atoms with Gasteiger partial charge in [0.2, 0.25) is 11.0 Å². The number of amides is 1. The molecule has 1 saturated carbocycles. The summed E-state index contributed by atoms with van der Waals surface area (Å²) in [5.41, 5.74) is 1.59. The molecule has 4 rings (SSSR count). The van der Waals surface area contributed by atoms with Crippen molar-refractivity contribution in [2.75, 3.05) is 17.3 Å². The topological polar surface area (TPSA) is 80.2 Å². The van der Waals surface area contributed by atoms with Gasteiger partial charge >= 0.3 is 0 Å². The van der Waals surface area contributed by atoms with Crippen LogP contribution in [0.4, 0.5) is 16.0 Å². The minimum absolute atomic E-state index is 0.113. The first-order chi connectivity index (χ1) is 13.6. The van der Waals surface area contributed by atoms with Crippen LogP contribution in [0.15, 0.2) is 34.0 Å². The average Bonchev–Trinajstić information content (AvgIpc) is 3.19. The quantitative estimate of drug-likeness (QED) is 0.522. The summed E-state index contributed by atoms with van der Waals surface area (Å²) in [6.07, 6.45) is 2.42. The Kier molecular flexibility index (Phi) is 5.79. The van der Waals surface area contributed by atoms with Crippen molar-refractivity contribution in [2.45, 2.75) is 35.9 Å². The zero-order chi connectivity index (χ0) is 19.5. The van der Waals surface area contributed by atoms with Gasteiger partial charge in [0, 0.05) is 24.1 Å². The fourth-order valence-corrected chi connectivity index (χ4v) is 5.26. The van der Waals surface area contributed by atoms with E-state index in [0.29, 0.717) is 28.4 Å². The van der Waals surface area contributed by atoms with E-state index in [4.69, 9.17) is 4.74 Å². The number of benzene rings is 1. The van der Waals surface area contributed by atoms with Gasteiger partial charge in [-0.15, -0.1) is 21.5 Å². The predicted molar refractivity (Wildman–Crippen MR) is 114 cm³/mol. The third-order valence-corrected chi connectivity index (χ3v) is 6.92. The highest BCUT2D eigenvalue weighted by molar-refractivity contribution is 8.00. The molecule has 2 heterocycles. The third-order valence-electron chi connectivity index (χ3n) is 4.03. The van der Waals surface area contributed by atoms with Crippen molar-refractivity contribution < 1.29 is 9.53 Å². The van der Waals surface area contributed by atoms with Crippen molar-refractivity contribution in [1.82, 2.24) is 15.2 Å². The number of ether oxygens (including phenoxy) is 1. The number of carbonyl (C=O) groups excluding carboxylic acids is 1. The number of nitrogens with zero attached hydrogens (tertiary/aromatic N) is 4. The predicted octanol–water partition coefficient (Wildman–Crippen LogP) is 4.55. The highest BCUT2D eigenvalue weighted by Crippen LogP contribution is 2.37. The third kappa shape index (κ3) is 4.45. The van der Waals surface area contributed by atoms with Crippen LogP contribution < -0.4 is 15.0 Å². The molecular weight excluding hydrogens is 414 g/mol. The van der Waals surface area contributed by atoms with Crippen LogP contribution in [0.3, 0.4) is 0 Å². The van der Waals surface area contributed by atoms with Crippen LogP contribution in [0.1, 0.15) is 25.5 Å². The molecule has 7 nitrogen and oxygen atoms in total. The molecule has 0 atom stereocenters. The van der Waals surface area contributed by atoms with E-state index >= 15 is 0 Å². The van der Waals surface area contributed by atoms with Crippen molar-refractivity contribution in [3.63, 3.8) is 0 Å². The fraction of sp³-hybridized carbons (Fsp3) is 0.333. The number of aromatic nitrogens is 3. The van der Waals surface area contributed by atoms with Crippen LogP contribution in [0.2, 0.25) is 0 Å². The molecule has 1 fully saturated rings. The molecule has 1 aromatic carbocycles. The monoisotopic (exact) mass is 433 g/mol. The molecule has 0 bridgehead atoms. The van der Waals surface area contributed by atoms with Gasteiger partial charge in [-0.3, -0.25) is 9.69 Å². The van der Waals surface area contributed by atoms with Gasteiger partial charge in [0.1, 0.15) is 5.75 Å². The summed E-state index contributed by atoms with van der Waals surface area (Å²) in [5, 5.41) is 15.2. The van der Waals surface area contributed by atoms with Gasteiger partial charge in [0.25, 0.3) is 0 Å². The van der Waals surface area contributed by atoms with Crippen molar-refractivity contribution in [2.24, 2.45) is 0 Å². The Morgan fingerprint density at radius 3 is 2.93 bits per heavy atom. The van der Waals surface area contributed by atoms with E-state index in [1.54, 1.807) is 35.1 Å². The van der Waals surface area contributed by atoms with Crippen LogP contribution in [0.25, 0.3) is 0 Å². The summed E-state index contributed by atoms with van der Waals surface area (Å²) in [5.74, 6) is 1.19. The lowest BCUT2D eigenvalue weighted by molar-refractivity contribution is -0.115. The molecule has 28 heavy (non-hydrogen) atoms. The highest BCUT2D eigenvalue weighted by Gasteiger charge is 2.23. The van der Waals surface area contributed by atoms with Gasteiger partial charge in [-0.25, -0.2) is 4.98 Å². The summed E-state index contributed by atoms with van der Waals surface area (Å²) in [7, 11) is 1.59. The number of para-hydroxylation sites is 2. The number of hydrogen-bond donors (Lipinski definition) is 1. The van der Waals surface area contributed by atoms with Crippen molar-refractivity contribution in [1.29, 1.82) is 0 Å². The number of nitrogens with one attached hydrogen (secondary N) is 1. The van der Waals surface area contributed by atoms with E-state index in [1.165, 1.54) is 31.1 Å². The van der Waals surface area contributed by atoms with Crippen molar-refractivity contribution >= 4 is 56.3 Å². The lowest BCUT2D eigenvalue weighted by Crippen LogP contribution is -2.23. The Morgan fingerprint density at radius 2 is 2.18 bits per heavy atom. The second-order valence-electron chi connectivity index (χ2n) is 6.23. The Labute approximate surface area is 175 Å². The summed E-state index contributed by atoms with van der Waals surface area (Å²) in [6, 6.07) is 8.00. The first-order valence-corrected chi connectivity index (χ1v) is 11.4. The van der Waals surface area contributed by atoms with E-state index in [1.807, 2.05) is 29.6 Å². The van der Waals surface area contributed by atoms with E-state index < -0.39 is 0 Å². The van der Waals surface area contributed by atoms with Gasteiger partial charge in [0.05, 0.1) is 18.5 Å². The maximum Gasteiger partial charge on any atom is 0.230 e. The molecule has 0 radical (unpaired) electrons. The zero-order valence-corrected chi connectivity index (χ0v) is 17.9. The highest BCUT2D eigenvalue weighted by atomic mass is 32.2. The molecule has 1 aliphatic rings. The maximum atomic E-state index is 12.3. The van der Waals surface area contributed by atoms with E-state index in [2.05, 4.69) is 20.5 Å². The summed E-state index contributed by atoms with van der Waals surface area (Å²) >= 11 is 4.60. The number of anilines is 3. The van der Waals surface area contributed by atoms with Gasteiger partial charge in [0.15, 0.2) is 9.47 Å². The summed E-state index contributed by atoms with van der Waals surface area (Å²) < 4.78 is 6.31. The number of rotatable bonds is 8. The first kappa shape index (κ1) is 19.2. The molecule has 0 unspecified atom stereocenters. The molecule has 1 N–H and O–H groups in total. The normalized spacial score (nSPS) is 13.4. The standard InChI is InChI=1S/C18H19N5O2S3/c1-11(24)23(14-5-3-4-6-15(14)25-2)17-20-13(9-26-17)10-27-18-22-21-16(28-18)19-12-7-8-12/h3-6,9,12H,7-8,10H2,1-2H3,(H,19,21). The van der Waals surface area contributed by atoms with Crippen LogP contribution in [0.5, 0.6) is 5.75 Å². The number of thiazole rings is 1. The number of methoxy groups -OCH3 is 1. The minimum Gasteiger partial charge on any atom is -0.495 e. The number of carbonyl (C=O) groups is 1. The Bertz CT molecular complexity index is 970. The van der Waals surface area contributed by atoms with Crippen LogP contribution in [-0.2, 0) is 10.5 Å². The van der Waals surface area contributed by atoms with Gasteiger partial charge in [-0.05, 0) is 25.0 Å². The van der Waals surface area contributed by atoms with E-state index in [-0.39, 0.29) is 5.91 Å². The van der Waals surface area contributed by atoms with Crippen LogP contribution >= 0.6 is 34.4 Å². The number of hydrogen-bond acceptors (Lipinski definition) is 9. The minimum atomic E-state index is -0.113. The lowest BCUT2D eigenvalue weighted by atomic mass is 10.2. The summed E-state index contributed by atoms with van der Waals surface area (Å²) in [6.45, 7) is 1.53. The molecule has 0 aliphatic heterocycles. The molecule has 1 aliphatic carbocycles. The zero-order valence-electron chi connectivity index (χ0n) is 15.4. The SMILES string of the molecule is COc1ccccc1N(C(C)=O)c1nc(CSc2nnc(NC3CC3)s2)cs1. The molecule has 0 spiro atoms.